The van der Waals surface area contributed by atoms with Crippen molar-refractivity contribution in [3.8, 4) is 0 Å². The average Bonchev–Trinajstić information content (AvgIpc) is 2.84. The average molecular weight is 314 g/mol. The van der Waals surface area contributed by atoms with Crippen LogP contribution in [0.3, 0.4) is 0 Å². The van der Waals surface area contributed by atoms with Crippen molar-refractivity contribution in [2.24, 2.45) is 12.8 Å². The molecule has 0 saturated heterocycles. The molecule has 0 aliphatic heterocycles. The molecule has 0 aromatic carbocycles. The van der Waals surface area contributed by atoms with Crippen LogP contribution < -0.4 is 10.5 Å². The Morgan fingerprint density at radius 2 is 2.15 bits per heavy atom. The molecule has 0 aliphatic rings. The molecular formula is C10H14N6O2S2. The molecule has 0 radical (unpaired) electrons. The Balaban J connectivity index is 2.46. The van der Waals surface area contributed by atoms with E-state index in [4.69, 9.17) is 18.0 Å². The maximum atomic E-state index is 12.4. The summed E-state index contributed by atoms with van der Waals surface area (Å²) in [7, 11) is -2.12. The fourth-order valence-electron chi connectivity index (χ4n) is 1.88. The van der Waals surface area contributed by atoms with E-state index in [1.807, 2.05) is 0 Å². The van der Waals surface area contributed by atoms with Crippen LogP contribution in [0.4, 0.5) is 5.82 Å². The fourth-order valence-corrected chi connectivity index (χ4v) is 3.51. The number of sulfonamides is 1. The highest BCUT2D eigenvalue weighted by Crippen LogP contribution is 2.22. The molecule has 0 amide bonds. The minimum absolute atomic E-state index is 0.0519. The van der Waals surface area contributed by atoms with Crippen LogP contribution in [-0.4, -0.2) is 33.4 Å². The minimum Gasteiger partial charge on any atom is -0.389 e. The molecule has 108 valence electrons. The van der Waals surface area contributed by atoms with Crippen LogP contribution in [-0.2, 0) is 17.1 Å². The van der Waals surface area contributed by atoms with Gasteiger partial charge in [-0.1, -0.05) is 12.2 Å². The maximum absolute atomic E-state index is 12.4. The maximum Gasteiger partial charge on any atom is 0.266 e. The number of thiocarbonyl (C=S) groups is 1. The summed E-state index contributed by atoms with van der Waals surface area (Å²) in [5.74, 6) is 0.139. The number of aryl methyl sites for hydroxylation is 2. The lowest BCUT2D eigenvalue weighted by Crippen LogP contribution is -2.18. The van der Waals surface area contributed by atoms with Crippen LogP contribution in [0.1, 0.15) is 17.0 Å². The number of rotatable bonds is 4. The van der Waals surface area contributed by atoms with E-state index in [-0.39, 0.29) is 15.7 Å². The van der Waals surface area contributed by atoms with E-state index >= 15 is 0 Å². The SMILES string of the molecule is Cc1nn(C)c(C)c1S(=O)(=O)Nc1[nH]ncc1C(N)=S. The van der Waals surface area contributed by atoms with E-state index in [2.05, 4.69) is 20.0 Å². The van der Waals surface area contributed by atoms with Gasteiger partial charge in [0.25, 0.3) is 10.0 Å². The number of nitrogens with two attached hydrogens (primary N) is 1. The Kier molecular flexibility index (Phi) is 3.52. The highest BCUT2D eigenvalue weighted by atomic mass is 32.2. The summed E-state index contributed by atoms with van der Waals surface area (Å²) < 4.78 is 28.8. The Morgan fingerprint density at radius 3 is 2.65 bits per heavy atom. The summed E-state index contributed by atoms with van der Waals surface area (Å²) in [6, 6.07) is 0. The van der Waals surface area contributed by atoms with Crippen molar-refractivity contribution in [1.82, 2.24) is 20.0 Å². The number of H-pyrrole nitrogens is 1. The highest BCUT2D eigenvalue weighted by Gasteiger charge is 2.25. The monoisotopic (exact) mass is 314 g/mol. The van der Waals surface area contributed by atoms with Crippen LogP contribution >= 0.6 is 12.2 Å². The molecule has 2 aromatic rings. The lowest BCUT2D eigenvalue weighted by molar-refractivity contribution is 0.599. The number of anilines is 1. The van der Waals surface area contributed by atoms with Gasteiger partial charge in [-0.05, 0) is 13.8 Å². The number of aromatic amines is 1. The van der Waals surface area contributed by atoms with Gasteiger partial charge >= 0.3 is 0 Å². The molecule has 8 nitrogen and oxygen atoms in total. The van der Waals surface area contributed by atoms with Gasteiger partial charge < -0.3 is 5.73 Å². The summed E-state index contributed by atoms with van der Waals surface area (Å²) >= 11 is 4.83. The summed E-state index contributed by atoms with van der Waals surface area (Å²) in [5.41, 5.74) is 6.78. The topological polar surface area (TPSA) is 119 Å². The van der Waals surface area contributed by atoms with E-state index < -0.39 is 10.0 Å². The van der Waals surface area contributed by atoms with E-state index in [0.29, 0.717) is 17.0 Å². The molecule has 0 atom stereocenters. The Hall–Kier alpha value is -1.94. The van der Waals surface area contributed by atoms with Crippen LogP contribution in [0, 0.1) is 13.8 Å². The summed E-state index contributed by atoms with van der Waals surface area (Å²) in [6.07, 6.45) is 1.36. The number of aromatic nitrogens is 4. The lowest BCUT2D eigenvalue weighted by atomic mass is 10.3. The van der Waals surface area contributed by atoms with E-state index in [9.17, 15) is 8.42 Å². The minimum atomic E-state index is -3.80. The first-order valence-corrected chi connectivity index (χ1v) is 7.49. The van der Waals surface area contributed by atoms with Crippen LogP contribution in [0.25, 0.3) is 0 Å². The van der Waals surface area contributed by atoms with Crippen molar-refractivity contribution >= 4 is 33.0 Å². The van der Waals surface area contributed by atoms with Gasteiger partial charge in [-0.2, -0.15) is 10.2 Å². The fraction of sp³-hybridized carbons (Fsp3) is 0.300. The van der Waals surface area contributed by atoms with Crippen molar-refractivity contribution in [3.05, 3.63) is 23.1 Å². The van der Waals surface area contributed by atoms with Gasteiger partial charge in [0.1, 0.15) is 15.7 Å². The Morgan fingerprint density at radius 1 is 1.50 bits per heavy atom. The molecule has 0 saturated carbocycles. The zero-order chi connectivity index (χ0) is 15.1. The molecule has 0 aliphatic carbocycles. The van der Waals surface area contributed by atoms with Gasteiger partial charge in [-0.3, -0.25) is 14.5 Å². The third-order valence-electron chi connectivity index (χ3n) is 2.85. The zero-order valence-electron chi connectivity index (χ0n) is 11.1. The van der Waals surface area contributed by atoms with E-state index in [1.54, 1.807) is 20.9 Å². The quantitative estimate of drug-likeness (QED) is 0.693. The Labute approximate surface area is 121 Å². The molecular weight excluding hydrogens is 300 g/mol. The molecule has 2 rings (SSSR count). The number of nitrogens with one attached hydrogen (secondary N) is 2. The van der Waals surface area contributed by atoms with Gasteiger partial charge in [-0.15, -0.1) is 0 Å². The van der Waals surface area contributed by atoms with Gasteiger partial charge in [0, 0.05) is 7.05 Å². The second-order valence-electron chi connectivity index (χ2n) is 4.25. The van der Waals surface area contributed by atoms with Crippen molar-refractivity contribution in [2.45, 2.75) is 18.7 Å². The predicted octanol–water partition coefficient (Wildman–Crippen LogP) is 0.195. The molecule has 0 fully saturated rings. The molecule has 0 spiro atoms. The highest BCUT2D eigenvalue weighted by molar-refractivity contribution is 7.92. The van der Waals surface area contributed by atoms with Crippen molar-refractivity contribution in [3.63, 3.8) is 0 Å². The second kappa shape index (κ2) is 4.87. The smallest absolute Gasteiger partial charge is 0.266 e. The molecule has 20 heavy (non-hydrogen) atoms. The van der Waals surface area contributed by atoms with Gasteiger partial charge in [0.15, 0.2) is 0 Å². The first-order valence-electron chi connectivity index (χ1n) is 5.60. The number of hydrogen-bond acceptors (Lipinski definition) is 5. The van der Waals surface area contributed by atoms with Crippen LogP contribution in [0.5, 0.6) is 0 Å². The molecule has 2 aromatic heterocycles. The first-order chi connectivity index (χ1) is 9.24. The van der Waals surface area contributed by atoms with Crippen LogP contribution in [0.2, 0.25) is 0 Å². The molecule has 0 bridgehead atoms. The third-order valence-corrected chi connectivity index (χ3v) is 4.67. The van der Waals surface area contributed by atoms with Crippen molar-refractivity contribution in [2.75, 3.05) is 4.72 Å². The van der Waals surface area contributed by atoms with Gasteiger partial charge in [0.2, 0.25) is 0 Å². The summed E-state index contributed by atoms with van der Waals surface area (Å²) in [6.45, 7) is 3.30. The number of nitrogens with zero attached hydrogens (tertiary/aromatic N) is 3. The first kappa shape index (κ1) is 14.5. The number of hydrogen-bond donors (Lipinski definition) is 3. The zero-order valence-corrected chi connectivity index (χ0v) is 12.8. The van der Waals surface area contributed by atoms with Crippen molar-refractivity contribution < 1.29 is 8.42 Å². The van der Waals surface area contributed by atoms with Crippen LogP contribution in [0.15, 0.2) is 11.1 Å². The van der Waals surface area contributed by atoms with Gasteiger partial charge in [0.05, 0.1) is 23.1 Å². The molecule has 10 heteroatoms. The molecule has 4 N–H and O–H groups in total. The largest absolute Gasteiger partial charge is 0.389 e. The van der Waals surface area contributed by atoms with E-state index in [0.717, 1.165) is 0 Å². The third kappa shape index (κ3) is 2.39. The molecule has 2 heterocycles. The second-order valence-corrected chi connectivity index (χ2v) is 6.31. The van der Waals surface area contributed by atoms with Gasteiger partial charge in [-0.25, -0.2) is 8.42 Å². The molecule has 0 unspecified atom stereocenters. The van der Waals surface area contributed by atoms with E-state index in [1.165, 1.54) is 10.9 Å². The Bertz CT molecular complexity index is 774. The lowest BCUT2D eigenvalue weighted by Gasteiger charge is -2.08. The van der Waals surface area contributed by atoms with Crippen molar-refractivity contribution in [1.29, 1.82) is 0 Å². The summed E-state index contributed by atoms with van der Waals surface area (Å²) in [5, 5.41) is 10.3. The standard InChI is InChI=1S/C10H14N6O2S2/c1-5-8(6(2)16(3)14-5)20(17,18)15-10-7(9(11)19)4-12-13-10/h4H,1-3H3,(H2,11,19)(H2,12,13,15). The normalized spacial score (nSPS) is 11.6. The summed E-state index contributed by atoms with van der Waals surface area (Å²) in [4.78, 5) is 0.180. The predicted molar refractivity (Wildman–Crippen MR) is 78.0 cm³/mol.